The number of fused-ring (bicyclic) bond motifs is 3. The van der Waals surface area contributed by atoms with E-state index in [9.17, 15) is 0 Å². The molecule has 0 fully saturated rings. The highest BCUT2D eigenvalue weighted by atomic mass is 79.9. The van der Waals surface area contributed by atoms with Crippen molar-refractivity contribution in [1.29, 1.82) is 0 Å². The molecule has 17 heavy (non-hydrogen) atoms. The molecule has 0 saturated carbocycles. The molecule has 84 valence electrons. The number of rotatable bonds is 0. The largest absolute Gasteiger partial charge is 0.0836 e. The van der Waals surface area contributed by atoms with Crippen molar-refractivity contribution >= 4 is 60.7 Å². The zero-order valence-electron chi connectivity index (χ0n) is 8.68. The molecule has 3 aromatic rings. The second-order valence-corrected chi connectivity index (χ2v) is 5.53. The van der Waals surface area contributed by atoms with Crippen LogP contribution < -0.4 is 0 Å². The van der Waals surface area contributed by atoms with E-state index >= 15 is 0 Å². The highest BCUT2D eigenvalue weighted by molar-refractivity contribution is 9.10. The van der Waals surface area contributed by atoms with E-state index in [0.717, 1.165) is 36.1 Å². The molecule has 0 N–H and O–H groups in total. The summed E-state index contributed by atoms with van der Waals surface area (Å²) in [6.45, 7) is 0. The molecule has 0 bridgehead atoms. The summed E-state index contributed by atoms with van der Waals surface area (Å²) in [4.78, 5) is 0. The van der Waals surface area contributed by atoms with Crippen molar-refractivity contribution in [2.24, 2.45) is 0 Å². The molecule has 0 aliphatic carbocycles. The van der Waals surface area contributed by atoms with Crippen LogP contribution in [-0.4, -0.2) is 0 Å². The van der Waals surface area contributed by atoms with Gasteiger partial charge in [-0.15, -0.1) is 0 Å². The molecule has 3 rings (SSSR count). The van der Waals surface area contributed by atoms with Gasteiger partial charge in [-0.05, 0) is 29.0 Å². The molecule has 0 unspecified atom stereocenters. The van der Waals surface area contributed by atoms with Crippen molar-refractivity contribution in [3.63, 3.8) is 0 Å². The molecule has 0 aliphatic heterocycles. The van der Waals surface area contributed by atoms with Crippen LogP contribution in [0.4, 0.5) is 0 Å². The van der Waals surface area contributed by atoms with E-state index in [1.165, 1.54) is 0 Å². The Labute approximate surface area is 117 Å². The van der Waals surface area contributed by atoms with Gasteiger partial charge in [0.1, 0.15) is 0 Å². The maximum Gasteiger partial charge on any atom is 0.0491 e. The van der Waals surface area contributed by atoms with Gasteiger partial charge in [-0.2, -0.15) is 0 Å². The van der Waals surface area contributed by atoms with Crippen molar-refractivity contribution in [2.75, 3.05) is 0 Å². The van der Waals surface area contributed by atoms with Crippen LogP contribution >= 0.6 is 39.1 Å². The average molecular weight is 326 g/mol. The fourth-order valence-corrected chi connectivity index (χ4v) is 3.24. The summed E-state index contributed by atoms with van der Waals surface area (Å²) >= 11 is 16.2. The van der Waals surface area contributed by atoms with Gasteiger partial charge < -0.3 is 0 Å². The lowest BCUT2D eigenvalue weighted by molar-refractivity contribution is 1.73. The van der Waals surface area contributed by atoms with Crippen LogP contribution in [0.25, 0.3) is 21.5 Å². The van der Waals surface area contributed by atoms with Crippen molar-refractivity contribution in [1.82, 2.24) is 0 Å². The van der Waals surface area contributed by atoms with Crippen LogP contribution in [0.3, 0.4) is 0 Å². The minimum Gasteiger partial charge on any atom is -0.0836 e. The van der Waals surface area contributed by atoms with E-state index < -0.39 is 0 Å². The fraction of sp³-hybridized carbons (Fsp3) is 0. The van der Waals surface area contributed by atoms with Gasteiger partial charge in [-0.1, -0.05) is 63.4 Å². The molecule has 3 aromatic carbocycles. The van der Waals surface area contributed by atoms with E-state index in [-0.39, 0.29) is 0 Å². The Morgan fingerprint density at radius 3 is 2.24 bits per heavy atom. The second kappa shape index (κ2) is 4.16. The summed E-state index contributed by atoms with van der Waals surface area (Å²) in [7, 11) is 0. The number of hydrogen-bond acceptors (Lipinski definition) is 0. The van der Waals surface area contributed by atoms with Crippen molar-refractivity contribution < 1.29 is 0 Å². The van der Waals surface area contributed by atoms with Gasteiger partial charge in [0, 0.05) is 25.3 Å². The summed E-state index contributed by atoms with van der Waals surface area (Å²) in [5.74, 6) is 0. The average Bonchev–Trinajstić information content (AvgIpc) is 2.30. The lowest BCUT2D eigenvalue weighted by atomic mass is 10.0. The molecule has 0 nitrogen and oxygen atoms in total. The van der Waals surface area contributed by atoms with Crippen LogP contribution in [0, 0.1) is 0 Å². The first-order chi connectivity index (χ1) is 8.18. The fourth-order valence-electron chi connectivity index (χ4n) is 2.12. The van der Waals surface area contributed by atoms with E-state index in [0.29, 0.717) is 0 Å². The molecule has 0 atom stereocenters. The maximum atomic E-state index is 6.30. The monoisotopic (exact) mass is 324 g/mol. The molecule has 0 saturated heterocycles. The Morgan fingerprint density at radius 1 is 0.824 bits per heavy atom. The van der Waals surface area contributed by atoms with Gasteiger partial charge in [0.05, 0.1) is 0 Å². The molecular weight excluding hydrogens is 319 g/mol. The normalized spacial score (nSPS) is 11.2. The Balaban J connectivity index is 2.70. The minimum absolute atomic E-state index is 0.724. The first kappa shape index (κ1) is 11.3. The number of benzene rings is 3. The maximum absolute atomic E-state index is 6.30. The summed E-state index contributed by atoms with van der Waals surface area (Å²) in [6, 6.07) is 13.8. The number of halogens is 3. The highest BCUT2D eigenvalue weighted by Crippen LogP contribution is 2.39. The predicted molar refractivity (Wildman–Crippen MR) is 79.2 cm³/mol. The smallest absolute Gasteiger partial charge is 0.0491 e. The molecule has 3 heteroatoms. The zero-order valence-corrected chi connectivity index (χ0v) is 11.8. The summed E-state index contributed by atoms with van der Waals surface area (Å²) in [6.07, 6.45) is 0. The number of hydrogen-bond donors (Lipinski definition) is 0. The van der Waals surface area contributed by atoms with Crippen molar-refractivity contribution in [3.8, 4) is 0 Å². The Kier molecular flexibility index (Phi) is 2.78. The van der Waals surface area contributed by atoms with Crippen LogP contribution in [-0.2, 0) is 0 Å². The van der Waals surface area contributed by atoms with Gasteiger partial charge in [0.15, 0.2) is 0 Å². The first-order valence-corrected chi connectivity index (χ1v) is 6.68. The molecule has 0 spiro atoms. The Bertz CT molecular complexity index is 735. The molecular formula is C14H7BrCl2. The van der Waals surface area contributed by atoms with E-state index in [1.54, 1.807) is 0 Å². The van der Waals surface area contributed by atoms with Crippen molar-refractivity contribution in [2.45, 2.75) is 0 Å². The Morgan fingerprint density at radius 2 is 1.47 bits per heavy atom. The third-order valence-corrected chi connectivity index (χ3v) is 4.14. The van der Waals surface area contributed by atoms with Crippen LogP contribution in [0.1, 0.15) is 0 Å². The van der Waals surface area contributed by atoms with Gasteiger partial charge in [-0.3, -0.25) is 0 Å². The highest BCUT2D eigenvalue weighted by Gasteiger charge is 2.10. The topological polar surface area (TPSA) is 0 Å². The summed E-state index contributed by atoms with van der Waals surface area (Å²) in [5.41, 5.74) is 0. The third-order valence-electron chi connectivity index (χ3n) is 2.85. The van der Waals surface area contributed by atoms with Crippen LogP contribution in [0.5, 0.6) is 0 Å². The van der Waals surface area contributed by atoms with E-state index in [2.05, 4.69) is 22.0 Å². The lowest BCUT2D eigenvalue weighted by Gasteiger charge is -2.09. The summed E-state index contributed by atoms with van der Waals surface area (Å²) < 4.78 is 1.03. The van der Waals surface area contributed by atoms with Gasteiger partial charge in [0.2, 0.25) is 0 Å². The first-order valence-electron chi connectivity index (χ1n) is 5.13. The SMILES string of the molecule is Clc1cccc2cc(Br)c3cccc(Cl)c3c12. The van der Waals surface area contributed by atoms with Gasteiger partial charge >= 0.3 is 0 Å². The van der Waals surface area contributed by atoms with Gasteiger partial charge in [-0.25, -0.2) is 0 Å². The molecule has 0 amide bonds. The summed E-state index contributed by atoms with van der Waals surface area (Å²) in [5, 5.41) is 5.64. The van der Waals surface area contributed by atoms with Crippen LogP contribution in [0.15, 0.2) is 46.9 Å². The minimum atomic E-state index is 0.724. The molecule has 0 aromatic heterocycles. The molecule has 0 aliphatic rings. The standard InChI is InChI=1S/C14H7BrCl2/c15-10-7-8-3-1-5-11(16)13(8)14-9(10)4-2-6-12(14)17/h1-7H. The lowest BCUT2D eigenvalue weighted by Crippen LogP contribution is -1.82. The predicted octanol–water partition coefficient (Wildman–Crippen LogP) is 6.06. The molecule has 0 heterocycles. The van der Waals surface area contributed by atoms with E-state index in [1.807, 2.05) is 36.4 Å². The zero-order chi connectivity index (χ0) is 12.0. The molecule has 0 radical (unpaired) electrons. The van der Waals surface area contributed by atoms with E-state index in [4.69, 9.17) is 23.2 Å². The Hall–Kier alpha value is -0.760. The van der Waals surface area contributed by atoms with Gasteiger partial charge in [0.25, 0.3) is 0 Å². The second-order valence-electron chi connectivity index (χ2n) is 3.86. The van der Waals surface area contributed by atoms with Crippen LogP contribution in [0.2, 0.25) is 10.0 Å². The quantitative estimate of drug-likeness (QED) is 0.440. The van der Waals surface area contributed by atoms with Crippen molar-refractivity contribution in [3.05, 3.63) is 57.0 Å². The third kappa shape index (κ3) is 1.74.